The molecule has 1 saturated carbocycles. The van der Waals surface area contributed by atoms with Crippen molar-refractivity contribution in [1.82, 2.24) is 29.7 Å². The van der Waals surface area contributed by atoms with Crippen molar-refractivity contribution in [2.75, 3.05) is 11.4 Å². The Bertz CT molecular complexity index is 1420. The first-order chi connectivity index (χ1) is 16.8. The van der Waals surface area contributed by atoms with E-state index < -0.39 is 17.8 Å². The van der Waals surface area contributed by atoms with Gasteiger partial charge in [-0.1, -0.05) is 11.6 Å². The van der Waals surface area contributed by atoms with Gasteiger partial charge in [0.2, 0.25) is 0 Å². The molecule has 12 heteroatoms. The third kappa shape index (κ3) is 4.49. The SMILES string of the molecule is C[C@@H](c1ncnn1-c1ccc(C#N)cn1)N(CC1CC1)c1ncnc2c(Cl)cc(C(F)(F)F)cc12. The van der Waals surface area contributed by atoms with Crippen molar-refractivity contribution in [3.8, 4) is 11.9 Å². The van der Waals surface area contributed by atoms with Crippen molar-refractivity contribution >= 4 is 28.3 Å². The predicted octanol–water partition coefficient (Wildman–Crippen LogP) is 5.13. The standard InChI is InChI=1S/C23H18ClF3N8/c1-13(21-32-12-33-35(21)19-5-4-15(8-28)9-29-19)34(10-14-2-3-14)22-17-6-16(23(25,26)27)7-18(24)20(17)30-11-31-22/h4-7,9,11-14H,2-3,10H2,1H3/t13-/m0/s1. The average Bonchev–Trinajstić information content (AvgIpc) is 3.54. The van der Waals surface area contributed by atoms with Crippen molar-refractivity contribution in [1.29, 1.82) is 5.26 Å². The van der Waals surface area contributed by atoms with Crippen LogP contribution in [-0.2, 0) is 6.18 Å². The van der Waals surface area contributed by atoms with Crippen LogP contribution in [0.2, 0.25) is 5.02 Å². The topological polar surface area (TPSA) is 96.4 Å². The average molecular weight is 499 g/mol. The van der Waals surface area contributed by atoms with Crippen LogP contribution in [-0.4, -0.2) is 36.3 Å². The third-order valence-corrected chi connectivity index (χ3v) is 6.22. The quantitative estimate of drug-likeness (QED) is 0.363. The highest BCUT2D eigenvalue weighted by atomic mass is 35.5. The van der Waals surface area contributed by atoms with E-state index in [4.69, 9.17) is 16.9 Å². The molecule has 0 saturated heterocycles. The van der Waals surface area contributed by atoms with Gasteiger partial charge in [-0.15, -0.1) is 0 Å². The Hall–Kier alpha value is -3.78. The zero-order chi connectivity index (χ0) is 24.7. The van der Waals surface area contributed by atoms with E-state index in [0.29, 0.717) is 35.5 Å². The molecule has 1 aromatic carbocycles. The summed E-state index contributed by atoms with van der Waals surface area (Å²) in [6.45, 7) is 2.45. The van der Waals surface area contributed by atoms with E-state index in [0.717, 1.165) is 25.0 Å². The Morgan fingerprint density at radius 3 is 2.63 bits per heavy atom. The van der Waals surface area contributed by atoms with Crippen LogP contribution in [0.3, 0.4) is 0 Å². The second kappa shape index (κ2) is 8.78. The Morgan fingerprint density at radius 2 is 1.97 bits per heavy atom. The number of fused-ring (bicyclic) bond motifs is 1. The number of nitriles is 1. The van der Waals surface area contributed by atoms with Crippen LogP contribution in [0.25, 0.3) is 16.7 Å². The fourth-order valence-corrected chi connectivity index (χ4v) is 4.21. The van der Waals surface area contributed by atoms with Gasteiger partial charge in [-0.2, -0.15) is 28.2 Å². The predicted molar refractivity (Wildman–Crippen MR) is 122 cm³/mol. The van der Waals surface area contributed by atoms with Crippen molar-refractivity contribution in [3.05, 3.63) is 65.1 Å². The van der Waals surface area contributed by atoms with Gasteiger partial charge in [-0.3, -0.25) is 0 Å². The largest absolute Gasteiger partial charge is 0.416 e. The molecule has 5 rings (SSSR count). The van der Waals surface area contributed by atoms with Gasteiger partial charge < -0.3 is 4.90 Å². The van der Waals surface area contributed by atoms with Crippen LogP contribution in [0, 0.1) is 17.2 Å². The van der Waals surface area contributed by atoms with E-state index in [9.17, 15) is 13.2 Å². The van der Waals surface area contributed by atoms with Gasteiger partial charge in [-0.25, -0.2) is 19.9 Å². The Labute approximate surface area is 203 Å². The molecule has 1 atom stereocenters. The molecule has 0 unspecified atom stereocenters. The highest BCUT2D eigenvalue weighted by Gasteiger charge is 2.34. The van der Waals surface area contributed by atoms with Crippen LogP contribution in [0.1, 0.15) is 42.8 Å². The van der Waals surface area contributed by atoms with Crippen LogP contribution < -0.4 is 4.90 Å². The summed E-state index contributed by atoms with van der Waals surface area (Å²) in [4.78, 5) is 19.2. The molecule has 3 heterocycles. The number of anilines is 1. The fourth-order valence-electron chi connectivity index (χ4n) is 3.94. The molecule has 0 spiro atoms. The number of rotatable bonds is 6. The molecule has 0 N–H and O–H groups in total. The molecule has 0 radical (unpaired) electrons. The highest BCUT2D eigenvalue weighted by Crippen LogP contribution is 2.40. The summed E-state index contributed by atoms with van der Waals surface area (Å²) < 4.78 is 42.2. The molecule has 4 aromatic rings. The van der Waals surface area contributed by atoms with Gasteiger partial charge in [0.1, 0.15) is 24.5 Å². The van der Waals surface area contributed by atoms with Crippen LogP contribution in [0.4, 0.5) is 19.0 Å². The normalized spacial score (nSPS) is 14.6. The minimum atomic E-state index is -4.57. The zero-order valence-electron chi connectivity index (χ0n) is 18.4. The summed E-state index contributed by atoms with van der Waals surface area (Å²) in [5.74, 6) is 1.70. The number of hydrogen-bond donors (Lipinski definition) is 0. The molecular formula is C23H18ClF3N8. The minimum absolute atomic E-state index is 0.0950. The first-order valence-electron chi connectivity index (χ1n) is 10.8. The molecule has 8 nitrogen and oxygen atoms in total. The molecule has 3 aromatic heterocycles. The lowest BCUT2D eigenvalue weighted by Crippen LogP contribution is -2.32. The maximum atomic E-state index is 13.6. The zero-order valence-corrected chi connectivity index (χ0v) is 19.2. The van der Waals surface area contributed by atoms with Crippen molar-refractivity contribution in [2.24, 2.45) is 5.92 Å². The Morgan fingerprint density at radius 1 is 1.17 bits per heavy atom. The van der Waals surface area contributed by atoms with E-state index in [1.807, 2.05) is 17.9 Å². The lowest BCUT2D eigenvalue weighted by atomic mass is 10.1. The maximum Gasteiger partial charge on any atom is 0.416 e. The van der Waals surface area contributed by atoms with Gasteiger partial charge in [0, 0.05) is 18.1 Å². The number of pyridine rings is 1. The van der Waals surface area contributed by atoms with E-state index >= 15 is 0 Å². The van der Waals surface area contributed by atoms with Gasteiger partial charge in [0.05, 0.1) is 27.7 Å². The number of benzene rings is 1. The summed E-state index contributed by atoms with van der Waals surface area (Å²) in [6.07, 6.45) is 1.59. The molecule has 35 heavy (non-hydrogen) atoms. The van der Waals surface area contributed by atoms with E-state index in [-0.39, 0.29) is 15.9 Å². The van der Waals surface area contributed by atoms with E-state index in [2.05, 4.69) is 25.0 Å². The number of halogens is 4. The summed E-state index contributed by atoms with van der Waals surface area (Å²) in [7, 11) is 0. The number of hydrogen-bond acceptors (Lipinski definition) is 7. The molecule has 0 aliphatic heterocycles. The monoisotopic (exact) mass is 498 g/mol. The number of alkyl halides is 3. The number of nitrogens with zero attached hydrogens (tertiary/aromatic N) is 8. The second-order valence-electron chi connectivity index (χ2n) is 8.37. The summed E-state index contributed by atoms with van der Waals surface area (Å²) in [6, 6.07) is 6.79. The molecule has 1 aliphatic rings. The maximum absolute atomic E-state index is 13.6. The second-order valence-corrected chi connectivity index (χ2v) is 8.78. The fraction of sp³-hybridized carbons (Fsp3) is 0.304. The first kappa shape index (κ1) is 23.0. The van der Waals surface area contributed by atoms with E-state index in [1.54, 1.807) is 16.8 Å². The van der Waals surface area contributed by atoms with Gasteiger partial charge in [0.15, 0.2) is 11.6 Å². The van der Waals surface area contributed by atoms with Crippen LogP contribution >= 0.6 is 11.6 Å². The molecule has 0 bridgehead atoms. The Kier molecular flexibility index (Phi) is 5.76. The molecule has 178 valence electrons. The Balaban J connectivity index is 1.62. The summed E-state index contributed by atoms with van der Waals surface area (Å²) in [5.41, 5.74) is -0.216. The lowest BCUT2D eigenvalue weighted by molar-refractivity contribution is -0.137. The summed E-state index contributed by atoms with van der Waals surface area (Å²) >= 11 is 6.21. The molecule has 0 amide bonds. The molecular weight excluding hydrogens is 481 g/mol. The smallest absolute Gasteiger partial charge is 0.346 e. The van der Waals surface area contributed by atoms with Crippen molar-refractivity contribution < 1.29 is 13.2 Å². The first-order valence-corrected chi connectivity index (χ1v) is 11.2. The highest BCUT2D eigenvalue weighted by molar-refractivity contribution is 6.35. The van der Waals surface area contributed by atoms with Crippen LogP contribution in [0.15, 0.2) is 43.1 Å². The van der Waals surface area contributed by atoms with Gasteiger partial charge in [0.25, 0.3) is 0 Å². The molecule has 1 fully saturated rings. The molecule has 1 aliphatic carbocycles. The van der Waals surface area contributed by atoms with Crippen LogP contribution in [0.5, 0.6) is 0 Å². The number of aromatic nitrogens is 6. The van der Waals surface area contributed by atoms with Crippen molar-refractivity contribution in [3.63, 3.8) is 0 Å². The van der Waals surface area contributed by atoms with E-state index in [1.165, 1.54) is 18.9 Å². The third-order valence-electron chi connectivity index (χ3n) is 5.93. The van der Waals surface area contributed by atoms with Gasteiger partial charge >= 0.3 is 6.18 Å². The summed E-state index contributed by atoms with van der Waals surface area (Å²) in [5, 5.41) is 13.4. The van der Waals surface area contributed by atoms with Crippen molar-refractivity contribution in [2.45, 2.75) is 32.0 Å². The lowest BCUT2D eigenvalue weighted by Gasteiger charge is -2.31. The minimum Gasteiger partial charge on any atom is -0.346 e. The van der Waals surface area contributed by atoms with Gasteiger partial charge in [-0.05, 0) is 49.9 Å².